The van der Waals surface area contributed by atoms with Crippen molar-refractivity contribution in [3.8, 4) is 0 Å². The Morgan fingerprint density at radius 2 is 2.16 bits per heavy atom. The molecule has 6 nitrogen and oxygen atoms in total. The van der Waals surface area contributed by atoms with Crippen LogP contribution in [-0.2, 0) is 9.53 Å². The van der Waals surface area contributed by atoms with Crippen molar-refractivity contribution in [1.29, 1.82) is 0 Å². The number of anilines is 1. The molecule has 1 unspecified atom stereocenters. The zero-order valence-electron chi connectivity index (χ0n) is 11.8. The van der Waals surface area contributed by atoms with Gasteiger partial charge in [-0.2, -0.15) is 0 Å². The van der Waals surface area contributed by atoms with Gasteiger partial charge in [0.1, 0.15) is 11.6 Å². The maximum absolute atomic E-state index is 10.6. The Morgan fingerprint density at radius 3 is 2.68 bits per heavy atom. The molecule has 0 saturated heterocycles. The molecule has 1 rings (SSSR count). The molecular weight excluding hydrogens is 246 g/mol. The Hall–Kier alpha value is -1.69. The molecule has 1 heterocycles. The van der Waals surface area contributed by atoms with Crippen molar-refractivity contribution in [3.63, 3.8) is 0 Å². The van der Waals surface area contributed by atoms with Crippen LogP contribution in [0.15, 0.2) is 6.07 Å². The first-order valence-electron chi connectivity index (χ1n) is 6.26. The number of carbonyl (C=O) groups is 1. The van der Waals surface area contributed by atoms with Gasteiger partial charge in [0.15, 0.2) is 0 Å². The van der Waals surface area contributed by atoms with Crippen LogP contribution in [0.2, 0.25) is 0 Å². The summed E-state index contributed by atoms with van der Waals surface area (Å²) in [4.78, 5) is 19.4. The Balaban J connectivity index is 2.68. The van der Waals surface area contributed by atoms with Crippen LogP contribution in [0.25, 0.3) is 0 Å². The van der Waals surface area contributed by atoms with Crippen LogP contribution in [0.5, 0.6) is 0 Å². The van der Waals surface area contributed by atoms with Gasteiger partial charge in [0.05, 0.1) is 12.5 Å². The van der Waals surface area contributed by atoms with Crippen LogP contribution in [0.4, 0.5) is 5.82 Å². The molecule has 0 radical (unpaired) electrons. The van der Waals surface area contributed by atoms with Crippen molar-refractivity contribution < 1.29 is 14.6 Å². The highest BCUT2D eigenvalue weighted by Crippen LogP contribution is 2.13. The number of nitrogens with zero attached hydrogens (tertiary/aromatic N) is 2. The molecule has 0 bridgehead atoms. The molecule has 6 heteroatoms. The number of nitrogens with one attached hydrogen (secondary N) is 1. The lowest BCUT2D eigenvalue weighted by Crippen LogP contribution is -2.25. The fourth-order valence-electron chi connectivity index (χ4n) is 1.59. The molecule has 0 saturated carbocycles. The van der Waals surface area contributed by atoms with Gasteiger partial charge >= 0.3 is 5.97 Å². The van der Waals surface area contributed by atoms with Gasteiger partial charge in [-0.15, -0.1) is 0 Å². The SMILES string of the molecule is COC(CNc1cc(C)nc(C(C)C)n1)CC(=O)O. The fourth-order valence-corrected chi connectivity index (χ4v) is 1.59. The maximum atomic E-state index is 10.6. The molecular formula is C13H21N3O3. The molecule has 0 aliphatic rings. The molecule has 0 aromatic carbocycles. The first-order valence-corrected chi connectivity index (χ1v) is 6.26. The van der Waals surface area contributed by atoms with E-state index in [1.165, 1.54) is 7.11 Å². The van der Waals surface area contributed by atoms with Crippen LogP contribution in [0, 0.1) is 6.92 Å². The number of methoxy groups -OCH3 is 1. The average molecular weight is 267 g/mol. The normalized spacial score (nSPS) is 12.5. The summed E-state index contributed by atoms with van der Waals surface area (Å²) >= 11 is 0. The van der Waals surface area contributed by atoms with Crippen molar-refractivity contribution in [2.24, 2.45) is 0 Å². The highest BCUT2D eigenvalue weighted by molar-refractivity contribution is 5.67. The van der Waals surface area contributed by atoms with Crippen LogP contribution in [0.3, 0.4) is 0 Å². The van der Waals surface area contributed by atoms with Gasteiger partial charge in [-0.3, -0.25) is 4.79 Å². The van der Waals surface area contributed by atoms with Crippen molar-refractivity contribution in [2.45, 2.75) is 39.2 Å². The molecule has 1 atom stereocenters. The molecule has 106 valence electrons. The minimum Gasteiger partial charge on any atom is -0.481 e. The first-order chi connectivity index (χ1) is 8.92. The van der Waals surface area contributed by atoms with E-state index in [2.05, 4.69) is 15.3 Å². The van der Waals surface area contributed by atoms with E-state index in [4.69, 9.17) is 9.84 Å². The number of aromatic nitrogens is 2. The number of carboxylic acid groups (broad SMARTS) is 1. The van der Waals surface area contributed by atoms with Crippen molar-refractivity contribution in [2.75, 3.05) is 19.0 Å². The van der Waals surface area contributed by atoms with Gasteiger partial charge in [-0.05, 0) is 6.92 Å². The molecule has 2 N–H and O–H groups in total. The lowest BCUT2D eigenvalue weighted by Gasteiger charge is -2.15. The molecule has 1 aromatic heterocycles. The minimum absolute atomic E-state index is 0.0371. The Kier molecular flexibility index (Phi) is 5.69. The second-order valence-corrected chi connectivity index (χ2v) is 4.74. The zero-order chi connectivity index (χ0) is 14.4. The lowest BCUT2D eigenvalue weighted by atomic mass is 10.2. The van der Waals surface area contributed by atoms with Crippen LogP contribution in [-0.4, -0.2) is 40.8 Å². The summed E-state index contributed by atoms with van der Waals surface area (Å²) in [5.41, 5.74) is 0.883. The molecule has 1 aromatic rings. The predicted octanol–water partition coefficient (Wildman–Crippen LogP) is 1.81. The van der Waals surface area contributed by atoms with Crippen LogP contribution in [0.1, 0.15) is 37.7 Å². The number of aryl methyl sites for hydroxylation is 1. The molecule has 0 aliphatic carbocycles. The van der Waals surface area contributed by atoms with Gasteiger partial charge < -0.3 is 15.2 Å². The quantitative estimate of drug-likeness (QED) is 0.783. The monoisotopic (exact) mass is 267 g/mol. The molecule has 0 fully saturated rings. The summed E-state index contributed by atoms with van der Waals surface area (Å²) in [5.74, 6) is 0.839. The topological polar surface area (TPSA) is 84.3 Å². The van der Waals surface area contributed by atoms with E-state index in [9.17, 15) is 4.79 Å². The second-order valence-electron chi connectivity index (χ2n) is 4.74. The summed E-state index contributed by atoms with van der Waals surface area (Å²) in [6.07, 6.45) is -0.416. The fraction of sp³-hybridized carbons (Fsp3) is 0.615. The van der Waals surface area contributed by atoms with Gasteiger partial charge in [-0.1, -0.05) is 13.8 Å². The Morgan fingerprint density at radius 1 is 1.47 bits per heavy atom. The number of aliphatic carboxylic acids is 1. The third kappa shape index (κ3) is 5.21. The third-order valence-corrected chi connectivity index (χ3v) is 2.63. The second kappa shape index (κ2) is 7.04. The van der Waals surface area contributed by atoms with E-state index in [1.54, 1.807) is 0 Å². The zero-order valence-corrected chi connectivity index (χ0v) is 11.8. The number of hydrogen-bond acceptors (Lipinski definition) is 5. The molecule has 0 aliphatic heterocycles. The Labute approximate surface area is 113 Å². The molecule has 0 spiro atoms. The maximum Gasteiger partial charge on any atom is 0.306 e. The standard InChI is InChI=1S/C13H21N3O3/c1-8(2)13-15-9(3)5-11(16-13)14-7-10(19-4)6-12(17)18/h5,8,10H,6-7H2,1-4H3,(H,17,18)(H,14,15,16). The van der Waals surface area contributed by atoms with E-state index in [0.717, 1.165) is 11.5 Å². The van der Waals surface area contributed by atoms with Gasteiger partial charge in [0.25, 0.3) is 0 Å². The molecule has 0 amide bonds. The largest absolute Gasteiger partial charge is 0.481 e. The summed E-state index contributed by atoms with van der Waals surface area (Å²) in [7, 11) is 1.50. The van der Waals surface area contributed by atoms with E-state index >= 15 is 0 Å². The van der Waals surface area contributed by atoms with E-state index < -0.39 is 5.97 Å². The van der Waals surface area contributed by atoms with Gasteiger partial charge in [0, 0.05) is 31.3 Å². The van der Waals surface area contributed by atoms with Crippen molar-refractivity contribution >= 4 is 11.8 Å². The summed E-state index contributed by atoms with van der Waals surface area (Å²) < 4.78 is 5.10. The third-order valence-electron chi connectivity index (χ3n) is 2.63. The van der Waals surface area contributed by atoms with Crippen molar-refractivity contribution in [3.05, 3.63) is 17.6 Å². The van der Waals surface area contributed by atoms with Gasteiger partial charge in [-0.25, -0.2) is 9.97 Å². The number of rotatable bonds is 7. The van der Waals surface area contributed by atoms with E-state index in [-0.39, 0.29) is 18.4 Å². The number of ether oxygens (including phenoxy) is 1. The number of hydrogen-bond donors (Lipinski definition) is 2. The van der Waals surface area contributed by atoms with E-state index in [0.29, 0.717) is 12.4 Å². The summed E-state index contributed by atoms with van der Waals surface area (Å²) in [5, 5.41) is 11.8. The summed E-state index contributed by atoms with van der Waals surface area (Å²) in [6.45, 7) is 6.36. The highest BCUT2D eigenvalue weighted by atomic mass is 16.5. The predicted molar refractivity (Wildman–Crippen MR) is 72.4 cm³/mol. The lowest BCUT2D eigenvalue weighted by molar-refractivity contribution is -0.139. The minimum atomic E-state index is -0.879. The summed E-state index contributed by atoms with van der Waals surface area (Å²) in [6, 6.07) is 1.83. The number of carboxylic acids is 1. The van der Waals surface area contributed by atoms with Crippen LogP contribution >= 0.6 is 0 Å². The van der Waals surface area contributed by atoms with E-state index in [1.807, 2.05) is 26.8 Å². The smallest absolute Gasteiger partial charge is 0.306 e. The first kappa shape index (κ1) is 15.4. The van der Waals surface area contributed by atoms with Crippen LogP contribution < -0.4 is 5.32 Å². The van der Waals surface area contributed by atoms with Gasteiger partial charge in [0.2, 0.25) is 0 Å². The highest BCUT2D eigenvalue weighted by Gasteiger charge is 2.13. The van der Waals surface area contributed by atoms with Crippen molar-refractivity contribution in [1.82, 2.24) is 9.97 Å². The molecule has 19 heavy (non-hydrogen) atoms. The Bertz CT molecular complexity index is 435. The average Bonchev–Trinajstić information content (AvgIpc) is 2.33.